The molecule has 2 aromatic heterocycles. The van der Waals surface area contributed by atoms with Crippen LogP contribution in [0.1, 0.15) is 32.2 Å². The first-order valence-corrected chi connectivity index (χ1v) is 10.3. The van der Waals surface area contributed by atoms with Crippen molar-refractivity contribution in [3.8, 4) is 0 Å². The van der Waals surface area contributed by atoms with Gasteiger partial charge in [0, 0.05) is 37.2 Å². The highest BCUT2D eigenvalue weighted by molar-refractivity contribution is 7.14. The van der Waals surface area contributed by atoms with Crippen LogP contribution in [-0.2, 0) is 0 Å². The van der Waals surface area contributed by atoms with E-state index >= 15 is 0 Å². The Morgan fingerprint density at radius 3 is 2.45 bits per heavy atom. The minimum atomic E-state index is -0.143. The van der Waals surface area contributed by atoms with E-state index in [0.29, 0.717) is 42.8 Å². The molecule has 1 aromatic carbocycles. The average molecular weight is 410 g/mol. The predicted octanol–water partition coefficient (Wildman–Crippen LogP) is 3.69. The van der Waals surface area contributed by atoms with Crippen LogP contribution >= 0.6 is 11.3 Å². The van der Waals surface area contributed by atoms with E-state index in [2.05, 4.69) is 23.3 Å². The van der Waals surface area contributed by atoms with E-state index in [-0.39, 0.29) is 11.8 Å². The SMILES string of the molecule is Cc1ccc(Nc2nc(C(=O)N3CCN(C(=O)c4ccco4)CC3)cs2)c(C)c1. The van der Waals surface area contributed by atoms with Crippen LogP contribution in [0.2, 0.25) is 0 Å². The molecule has 0 aliphatic carbocycles. The van der Waals surface area contributed by atoms with Crippen molar-refractivity contribution in [3.63, 3.8) is 0 Å². The van der Waals surface area contributed by atoms with Crippen molar-refractivity contribution in [3.05, 3.63) is 64.6 Å². The number of furan rings is 1. The lowest BCUT2D eigenvalue weighted by molar-refractivity contribution is 0.0515. The third-order valence-corrected chi connectivity index (χ3v) is 5.69. The van der Waals surface area contributed by atoms with Crippen LogP contribution in [0.3, 0.4) is 0 Å². The number of aryl methyl sites for hydroxylation is 2. The number of amides is 2. The van der Waals surface area contributed by atoms with Crippen molar-refractivity contribution in [1.29, 1.82) is 0 Å². The molecule has 1 aliphatic rings. The van der Waals surface area contributed by atoms with Crippen LogP contribution in [0.4, 0.5) is 10.8 Å². The number of thiazole rings is 1. The van der Waals surface area contributed by atoms with Crippen LogP contribution in [-0.4, -0.2) is 52.8 Å². The first kappa shape index (κ1) is 19.2. The molecular formula is C21H22N4O3S. The van der Waals surface area contributed by atoms with Gasteiger partial charge in [0.05, 0.1) is 6.26 Å². The predicted molar refractivity (Wildman–Crippen MR) is 112 cm³/mol. The largest absolute Gasteiger partial charge is 0.459 e. The van der Waals surface area contributed by atoms with Gasteiger partial charge in [-0.3, -0.25) is 9.59 Å². The van der Waals surface area contributed by atoms with Crippen LogP contribution in [0, 0.1) is 13.8 Å². The van der Waals surface area contributed by atoms with Gasteiger partial charge in [-0.2, -0.15) is 0 Å². The minimum absolute atomic E-state index is 0.111. The van der Waals surface area contributed by atoms with Crippen molar-refractivity contribution < 1.29 is 14.0 Å². The third kappa shape index (κ3) is 4.17. The number of piperazine rings is 1. The average Bonchev–Trinajstić information content (AvgIpc) is 3.41. The topological polar surface area (TPSA) is 78.7 Å². The second-order valence-electron chi connectivity index (χ2n) is 7.04. The first-order chi connectivity index (χ1) is 14.0. The standard InChI is InChI=1S/C21H22N4O3S/c1-14-5-6-16(15(2)12-14)22-21-23-17(13-29-21)19(26)24-7-9-25(10-8-24)20(27)18-4-3-11-28-18/h3-6,11-13H,7-10H2,1-2H3,(H,22,23). The number of carbonyl (C=O) groups excluding carboxylic acids is 2. The maximum absolute atomic E-state index is 12.8. The van der Waals surface area contributed by atoms with Gasteiger partial charge in [0.25, 0.3) is 11.8 Å². The van der Waals surface area contributed by atoms with Crippen LogP contribution in [0.5, 0.6) is 0 Å². The molecule has 1 aliphatic heterocycles. The third-order valence-electron chi connectivity index (χ3n) is 4.93. The molecule has 0 unspecified atom stereocenters. The molecule has 0 saturated carbocycles. The summed E-state index contributed by atoms with van der Waals surface area (Å²) in [4.78, 5) is 33.0. The minimum Gasteiger partial charge on any atom is -0.459 e. The maximum atomic E-state index is 12.8. The fourth-order valence-corrected chi connectivity index (χ4v) is 4.03. The quantitative estimate of drug-likeness (QED) is 0.710. The highest BCUT2D eigenvalue weighted by atomic mass is 32.1. The number of carbonyl (C=O) groups is 2. The molecule has 8 heteroatoms. The Bertz CT molecular complexity index is 1020. The fourth-order valence-electron chi connectivity index (χ4n) is 3.33. The molecule has 1 N–H and O–H groups in total. The maximum Gasteiger partial charge on any atom is 0.289 e. The van der Waals surface area contributed by atoms with Crippen molar-refractivity contribution in [2.24, 2.45) is 0 Å². The first-order valence-electron chi connectivity index (χ1n) is 9.43. The highest BCUT2D eigenvalue weighted by Crippen LogP contribution is 2.25. The lowest BCUT2D eigenvalue weighted by atomic mass is 10.1. The molecule has 0 spiro atoms. The Hall–Kier alpha value is -3.13. The van der Waals surface area contributed by atoms with Gasteiger partial charge in [0.2, 0.25) is 0 Å². The molecule has 150 valence electrons. The summed E-state index contributed by atoms with van der Waals surface area (Å²) in [6.07, 6.45) is 1.49. The molecule has 1 fully saturated rings. The van der Waals surface area contributed by atoms with E-state index in [4.69, 9.17) is 4.42 Å². The summed E-state index contributed by atoms with van der Waals surface area (Å²) in [5, 5.41) is 5.75. The van der Waals surface area contributed by atoms with Gasteiger partial charge in [0.15, 0.2) is 10.9 Å². The molecule has 3 heterocycles. The zero-order valence-electron chi connectivity index (χ0n) is 16.3. The molecule has 29 heavy (non-hydrogen) atoms. The molecule has 4 rings (SSSR count). The van der Waals surface area contributed by atoms with Crippen LogP contribution in [0.25, 0.3) is 0 Å². The summed E-state index contributed by atoms with van der Waals surface area (Å²) in [5.41, 5.74) is 3.74. The summed E-state index contributed by atoms with van der Waals surface area (Å²) in [6, 6.07) is 9.51. The van der Waals surface area contributed by atoms with E-state index < -0.39 is 0 Å². The summed E-state index contributed by atoms with van der Waals surface area (Å²) in [5.74, 6) is 0.0714. The fraction of sp³-hybridized carbons (Fsp3) is 0.286. The van der Waals surface area contributed by atoms with E-state index in [1.54, 1.807) is 27.3 Å². The van der Waals surface area contributed by atoms with E-state index in [9.17, 15) is 9.59 Å². The van der Waals surface area contributed by atoms with E-state index in [0.717, 1.165) is 11.3 Å². The number of anilines is 2. The van der Waals surface area contributed by atoms with E-state index in [1.165, 1.54) is 23.2 Å². The number of aromatic nitrogens is 1. The molecule has 0 bridgehead atoms. The van der Waals surface area contributed by atoms with Crippen LogP contribution in [0.15, 0.2) is 46.4 Å². The second kappa shape index (κ2) is 8.08. The van der Waals surface area contributed by atoms with Crippen molar-refractivity contribution in [1.82, 2.24) is 14.8 Å². The monoisotopic (exact) mass is 410 g/mol. The summed E-state index contributed by atoms with van der Waals surface area (Å²) in [7, 11) is 0. The van der Waals surface area contributed by atoms with Gasteiger partial charge >= 0.3 is 0 Å². The summed E-state index contributed by atoms with van der Waals surface area (Å²) < 4.78 is 5.17. The Kier molecular flexibility index (Phi) is 5.35. The van der Waals surface area contributed by atoms with Crippen molar-refractivity contribution in [2.75, 3.05) is 31.5 Å². The van der Waals surface area contributed by atoms with E-state index in [1.807, 2.05) is 19.1 Å². The van der Waals surface area contributed by atoms with Crippen LogP contribution < -0.4 is 5.32 Å². The van der Waals surface area contributed by atoms with Crippen molar-refractivity contribution >= 4 is 34.0 Å². The number of nitrogens with zero attached hydrogens (tertiary/aromatic N) is 3. The number of rotatable bonds is 4. The molecule has 7 nitrogen and oxygen atoms in total. The second-order valence-corrected chi connectivity index (χ2v) is 7.90. The Morgan fingerprint density at radius 1 is 1.07 bits per heavy atom. The smallest absolute Gasteiger partial charge is 0.289 e. The van der Waals surface area contributed by atoms with Gasteiger partial charge in [-0.1, -0.05) is 17.7 Å². The lowest BCUT2D eigenvalue weighted by Gasteiger charge is -2.33. The summed E-state index contributed by atoms with van der Waals surface area (Å²) in [6.45, 7) is 5.99. The van der Waals surface area contributed by atoms with Gasteiger partial charge < -0.3 is 19.5 Å². The molecule has 2 amide bonds. The molecule has 3 aromatic rings. The number of hydrogen-bond acceptors (Lipinski definition) is 6. The lowest BCUT2D eigenvalue weighted by Crippen LogP contribution is -2.50. The molecule has 0 atom stereocenters. The highest BCUT2D eigenvalue weighted by Gasteiger charge is 2.27. The molecule has 1 saturated heterocycles. The Morgan fingerprint density at radius 2 is 1.79 bits per heavy atom. The normalized spacial score (nSPS) is 14.1. The number of hydrogen-bond donors (Lipinski definition) is 1. The molecule has 0 radical (unpaired) electrons. The van der Waals surface area contributed by atoms with Gasteiger partial charge in [-0.05, 0) is 37.6 Å². The zero-order valence-corrected chi connectivity index (χ0v) is 17.2. The van der Waals surface area contributed by atoms with Crippen molar-refractivity contribution in [2.45, 2.75) is 13.8 Å². The van der Waals surface area contributed by atoms with Gasteiger partial charge in [-0.25, -0.2) is 4.98 Å². The number of benzene rings is 1. The zero-order chi connectivity index (χ0) is 20.4. The molecular weight excluding hydrogens is 388 g/mol. The Labute approximate surface area is 173 Å². The Balaban J connectivity index is 1.36. The van der Waals surface area contributed by atoms with Gasteiger partial charge in [-0.15, -0.1) is 11.3 Å². The number of nitrogens with one attached hydrogen (secondary N) is 1. The van der Waals surface area contributed by atoms with Gasteiger partial charge in [0.1, 0.15) is 5.69 Å². The summed E-state index contributed by atoms with van der Waals surface area (Å²) >= 11 is 1.41.